The summed E-state index contributed by atoms with van der Waals surface area (Å²) in [6.07, 6.45) is -11.3. The number of fused-ring (bicyclic) bond motifs is 1. The van der Waals surface area contributed by atoms with Crippen LogP contribution in [0.2, 0.25) is 0 Å². The van der Waals surface area contributed by atoms with E-state index in [1.54, 1.807) is 48.7 Å². The van der Waals surface area contributed by atoms with Gasteiger partial charge in [-0.25, -0.2) is 19.6 Å². The molecule has 2 saturated heterocycles. The zero-order valence-electron chi connectivity index (χ0n) is 31.1. The van der Waals surface area contributed by atoms with E-state index < -0.39 is 73.4 Å². The Balaban J connectivity index is 1.12. The van der Waals surface area contributed by atoms with Crippen LogP contribution in [-0.2, 0) is 19.1 Å². The van der Waals surface area contributed by atoms with Gasteiger partial charge in [0.1, 0.15) is 23.7 Å². The normalized spacial score (nSPS) is 18.0. The summed E-state index contributed by atoms with van der Waals surface area (Å²) in [6.45, 7) is 0.368. The first-order chi connectivity index (χ1) is 27.5. The van der Waals surface area contributed by atoms with Gasteiger partial charge in [-0.05, 0) is 61.6 Å². The van der Waals surface area contributed by atoms with Crippen molar-refractivity contribution in [2.45, 2.75) is 75.0 Å². The van der Waals surface area contributed by atoms with Gasteiger partial charge in [0.05, 0.1) is 62.1 Å². The van der Waals surface area contributed by atoms with Gasteiger partial charge in [0.25, 0.3) is 0 Å². The van der Waals surface area contributed by atoms with Crippen LogP contribution in [-0.4, -0.2) is 105 Å². The number of aromatic amines is 2. The van der Waals surface area contributed by atoms with Crippen LogP contribution in [0, 0.1) is 11.8 Å². The lowest BCUT2D eigenvalue weighted by molar-refractivity contribution is -0.154. The van der Waals surface area contributed by atoms with Crippen molar-refractivity contribution in [3.05, 3.63) is 71.4 Å². The first-order valence-corrected chi connectivity index (χ1v) is 18.1. The van der Waals surface area contributed by atoms with Crippen LogP contribution in [0.3, 0.4) is 0 Å². The molecule has 6 rings (SSSR count). The fourth-order valence-corrected chi connectivity index (χ4v) is 7.09. The summed E-state index contributed by atoms with van der Waals surface area (Å²) in [4.78, 5) is 67.9. The topological polar surface area (TPSA) is 175 Å². The molecule has 20 heteroatoms. The maximum absolute atomic E-state index is 13.3. The minimum Gasteiger partial charge on any atom is -0.453 e. The fraction of sp³-hybridized carbons (Fsp3) is 0.421. The first kappa shape index (κ1) is 41.4. The summed E-state index contributed by atoms with van der Waals surface area (Å²) in [7, 11) is 1.99. The highest BCUT2D eigenvalue weighted by Crippen LogP contribution is 2.35. The number of ether oxygens (including phenoxy) is 2. The van der Waals surface area contributed by atoms with E-state index in [0.717, 1.165) is 19.8 Å². The van der Waals surface area contributed by atoms with E-state index in [1.165, 1.54) is 9.80 Å². The standard InChI is InChI=1S/C38H38F6N8O6/c1-57-35(55)49-26(18-37(39,40)41)33(53)51-15-3-5-29(51)31-45-20-28(48-31)23-12-9-21(10-13-23)7-8-22-11-14-24-25(17-22)47-32(46-24)30-6-4-16-52(30)34(54)27(19-38(42,43)44)50-36(56)58-2/h9-14,17,20,26-27,29-30H,3-6,15-16,18-19H2,1-2H3,(H,45,48)(H,46,47)(H,49,55)(H,50,56). The maximum atomic E-state index is 13.3. The number of benzene rings is 2. The number of likely N-dealkylation sites (tertiary alicyclic amines) is 2. The van der Waals surface area contributed by atoms with E-state index in [-0.39, 0.29) is 13.1 Å². The SMILES string of the molecule is COC(=O)NC(CC(F)(F)F)C(=O)N1CCCC1c1ncc(-c2ccc(C#Cc3ccc4nc(C5CCCN5C(=O)C(CC(F)(F)F)NC(=O)OC)[nH]c4c3)cc2)[nH]1. The molecule has 4 unspecified atom stereocenters. The summed E-state index contributed by atoms with van der Waals surface area (Å²) in [5.41, 5.74) is 3.80. The Kier molecular flexibility index (Phi) is 12.2. The number of halogens is 6. The number of rotatable bonds is 9. The van der Waals surface area contributed by atoms with Gasteiger partial charge < -0.3 is 39.9 Å². The summed E-state index contributed by atoms with van der Waals surface area (Å²) < 4.78 is 88.5. The fourth-order valence-electron chi connectivity index (χ4n) is 7.09. The van der Waals surface area contributed by atoms with E-state index >= 15 is 0 Å². The van der Waals surface area contributed by atoms with Crippen molar-refractivity contribution in [2.75, 3.05) is 27.3 Å². The average Bonchev–Trinajstić information content (AvgIpc) is 4.01. The Labute approximate surface area is 327 Å². The number of alkyl carbamates (subject to hydrolysis) is 2. The summed E-state index contributed by atoms with van der Waals surface area (Å²) in [5.74, 6) is 5.17. The van der Waals surface area contributed by atoms with Crippen molar-refractivity contribution in [2.24, 2.45) is 0 Å². The number of nitrogens with one attached hydrogen (secondary N) is 4. The van der Waals surface area contributed by atoms with E-state index in [2.05, 4.69) is 41.3 Å². The van der Waals surface area contributed by atoms with Crippen LogP contribution in [0.5, 0.6) is 0 Å². The molecule has 2 aromatic carbocycles. The molecule has 308 valence electrons. The molecule has 2 aliphatic heterocycles. The maximum Gasteiger partial charge on any atom is 0.407 e. The number of carbonyl (C=O) groups is 4. The Hall–Kier alpha value is -6.26. The van der Waals surface area contributed by atoms with Gasteiger partial charge in [-0.1, -0.05) is 24.0 Å². The van der Waals surface area contributed by atoms with Crippen LogP contribution < -0.4 is 10.6 Å². The van der Waals surface area contributed by atoms with Gasteiger partial charge in [0.2, 0.25) is 11.8 Å². The molecule has 0 spiro atoms. The quantitative estimate of drug-likeness (QED) is 0.117. The number of imidazole rings is 2. The number of hydrogen-bond donors (Lipinski definition) is 4. The molecule has 4 atom stereocenters. The first-order valence-electron chi connectivity index (χ1n) is 18.1. The smallest absolute Gasteiger partial charge is 0.407 e. The molecular formula is C38H38F6N8O6. The zero-order valence-corrected chi connectivity index (χ0v) is 31.1. The molecule has 2 fully saturated rings. The van der Waals surface area contributed by atoms with Gasteiger partial charge in [0, 0.05) is 24.2 Å². The highest BCUT2D eigenvalue weighted by atomic mass is 19.4. The molecule has 0 radical (unpaired) electrons. The minimum atomic E-state index is -4.71. The highest BCUT2D eigenvalue weighted by Gasteiger charge is 2.43. The zero-order chi connectivity index (χ0) is 41.8. The second-order valence-corrected chi connectivity index (χ2v) is 13.8. The summed E-state index contributed by atoms with van der Waals surface area (Å²) in [6, 6.07) is 7.44. The van der Waals surface area contributed by atoms with Crippen molar-refractivity contribution >= 4 is 35.0 Å². The van der Waals surface area contributed by atoms with E-state index in [1.807, 2.05) is 10.6 Å². The molecule has 4 N–H and O–H groups in total. The van der Waals surface area contributed by atoms with Crippen LogP contribution in [0.15, 0.2) is 48.7 Å². The molecule has 4 amide bonds. The minimum absolute atomic E-state index is 0.182. The van der Waals surface area contributed by atoms with Crippen LogP contribution in [0.25, 0.3) is 22.3 Å². The molecule has 2 aromatic heterocycles. The predicted molar refractivity (Wildman–Crippen MR) is 193 cm³/mol. The second-order valence-electron chi connectivity index (χ2n) is 13.8. The number of methoxy groups -OCH3 is 2. The lowest BCUT2D eigenvalue weighted by Crippen LogP contribution is -2.50. The highest BCUT2D eigenvalue weighted by molar-refractivity contribution is 5.87. The van der Waals surface area contributed by atoms with Gasteiger partial charge in [-0.2, -0.15) is 26.3 Å². The van der Waals surface area contributed by atoms with Crippen molar-refractivity contribution in [3.63, 3.8) is 0 Å². The predicted octanol–water partition coefficient (Wildman–Crippen LogP) is 6.03. The molecule has 0 saturated carbocycles. The number of H-pyrrole nitrogens is 2. The van der Waals surface area contributed by atoms with E-state index in [4.69, 9.17) is 0 Å². The van der Waals surface area contributed by atoms with Crippen molar-refractivity contribution in [1.29, 1.82) is 0 Å². The van der Waals surface area contributed by atoms with Crippen molar-refractivity contribution in [3.8, 4) is 23.1 Å². The molecule has 14 nitrogen and oxygen atoms in total. The number of nitrogens with zero attached hydrogens (tertiary/aromatic N) is 4. The van der Waals surface area contributed by atoms with Crippen LogP contribution in [0.4, 0.5) is 35.9 Å². The Bertz CT molecular complexity index is 2210. The number of aromatic nitrogens is 4. The Morgan fingerprint density at radius 2 is 1.29 bits per heavy atom. The second kappa shape index (κ2) is 17.1. The van der Waals surface area contributed by atoms with Crippen LogP contribution >= 0.6 is 0 Å². The Morgan fingerprint density at radius 1 is 0.776 bits per heavy atom. The number of amides is 4. The third kappa shape index (κ3) is 9.99. The summed E-state index contributed by atoms with van der Waals surface area (Å²) in [5, 5.41) is 4.00. The monoisotopic (exact) mass is 816 g/mol. The molecule has 58 heavy (non-hydrogen) atoms. The lowest BCUT2D eigenvalue weighted by atomic mass is 10.1. The van der Waals surface area contributed by atoms with Gasteiger partial charge in [0.15, 0.2) is 0 Å². The van der Waals surface area contributed by atoms with Gasteiger partial charge in [-0.15, -0.1) is 0 Å². The average molecular weight is 817 g/mol. The number of carbonyl (C=O) groups excluding carboxylic acids is 4. The van der Waals surface area contributed by atoms with Gasteiger partial charge in [-0.3, -0.25) is 9.59 Å². The third-order valence-electron chi connectivity index (χ3n) is 9.77. The molecular weight excluding hydrogens is 778 g/mol. The van der Waals surface area contributed by atoms with Crippen molar-refractivity contribution < 1.29 is 55.0 Å². The third-order valence-corrected chi connectivity index (χ3v) is 9.77. The summed E-state index contributed by atoms with van der Waals surface area (Å²) >= 11 is 0. The van der Waals surface area contributed by atoms with E-state index in [0.29, 0.717) is 65.2 Å². The van der Waals surface area contributed by atoms with E-state index in [9.17, 15) is 45.5 Å². The molecule has 2 aliphatic rings. The molecule has 0 aliphatic carbocycles. The number of alkyl halides is 6. The molecule has 4 heterocycles. The molecule has 4 aromatic rings. The van der Waals surface area contributed by atoms with Gasteiger partial charge >= 0.3 is 24.5 Å². The van der Waals surface area contributed by atoms with Crippen molar-refractivity contribution in [1.82, 2.24) is 40.4 Å². The largest absolute Gasteiger partial charge is 0.453 e. The lowest BCUT2D eigenvalue weighted by Gasteiger charge is -2.28. The molecule has 0 bridgehead atoms. The number of hydrogen-bond acceptors (Lipinski definition) is 8. The van der Waals surface area contributed by atoms with Crippen LogP contribution in [0.1, 0.15) is 73.4 Å². The Morgan fingerprint density at radius 3 is 1.83 bits per heavy atom.